The van der Waals surface area contributed by atoms with Gasteiger partial charge in [0.05, 0.1) is 0 Å². The van der Waals surface area contributed by atoms with Gasteiger partial charge in [0, 0.05) is 12.7 Å². The summed E-state index contributed by atoms with van der Waals surface area (Å²) in [7, 11) is 0. The molecular weight excluding hydrogens is 200 g/mol. The molecule has 0 aromatic carbocycles. The summed E-state index contributed by atoms with van der Waals surface area (Å²) < 4.78 is 0. The second-order valence-electron chi connectivity index (χ2n) is 4.00. The zero-order valence-electron chi connectivity index (χ0n) is 10.6. The van der Waals surface area contributed by atoms with Crippen LogP contribution in [-0.2, 0) is 0 Å². The van der Waals surface area contributed by atoms with Crippen molar-refractivity contribution in [2.45, 2.75) is 58.3 Å². The lowest BCUT2D eigenvalue weighted by atomic mass is 10.1. The van der Waals surface area contributed by atoms with E-state index >= 15 is 0 Å². The maximum Gasteiger partial charge on any atom is 0.0114 e. The van der Waals surface area contributed by atoms with Crippen LogP contribution in [0.25, 0.3) is 0 Å². The molecule has 4 N–H and O–H groups in total. The SMILES string of the molecule is C=CNNNNCCCCCCCCCC. The largest absolute Gasteiger partial charge is 0.315 e. The van der Waals surface area contributed by atoms with Gasteiger partial charge in [0.15, 0.2) is 0 Å². The van der Waals surface area contributed by atoms with Crippen molar-refractivity contribution < 1.29 is 0 Å². The van der Waals surface area contributed by atoms with Crippen LogP contribution >= 0.6 is 0 Å². The van der Waals surface area contributed by atoms with E-state index in [1.54, 1.807) is 6.20 Å². The Balaban J connectivity index is 2.85. The van der Waals surface area contributed by atoms with Crippen molar-refractivity contribution in [1.29, 1.82) is 0 Å². The lowest BCUT2D eigenvalue weighted by molar-refractivity contribution is 0.395. The van der Waals surface area contributed by atoms with E-state index in [1.807, 2.05) is 0 Å². The highest BCUT2D eigenvalue weighted by Gasteiger charge is 1.91. The van der Waals surface area contributed by atoms with Gasteiger partial charge in [-0.2, -0.15) is 11.1 Å². The van der Waals surface area contributed by atoms with Crippen LogP contribution in [0.4, 0.5) is 0 Å². The fourth-order valence-corrected chi connectivity index (χ4v) is 1.54. The summed E-state index contributed by atoms with van der Waals surface area (Å²) in [6, 6.07) is 0. The minimum atomic E-state index is 0.987. The van der Waals surface area contributed by atoms with Crippen LogP contribution in [-0.4, -0.2) is 6.54 Å². The minimum absolute atomic E-state index is 0.987. The smallest absolute Gasteiger partial charge is 0.0114 e. The van der Waals surface area contributed by atoms with E-state index in [-0.39, 0.29) is 0 Å². The highest BCUT2D eigenvalue weighted by molar-refractivity contribution is 4.55. The van der Waals surface area contributed by atoms with Gasteiger partial charge in [0.25, 0.3) is 0 Å². The first-order valence-electron chi connectivity index (χ1n) is 6.51. The number of nitrogens with one attached hydrogen (secondary N) is 4. The summed E-state index contributed by atoms with van der Waals surface area (Å²) in [5.74, 6) is 0. The Morgan fingerprint density at radius 3 is 2.12 bits per heavy atom. The third kappa shape index (κ3) is 13.4. The number of hydrazine groups is 3. The van der Waals surface area contributed by atoms with E-state index in [1.165, 1.54) is 51.4 Å². The Labute approximate surface area is 100 Å². The van der Waals surface area contributed by atoms with Crippen LogP contribution in [0.15, 0.2) is 12.8 Å². The Morgan fingerprint density at radius 2 is 1.50 bits per heavy atom. The Hall–Kier alpha value is -0.580. The average molecular weight is 228 g/mol. The van der Waals surface area contributed by atoms with Gasteiger partial charge >= 0.3 is 0 Å². The number of hydrogen-bond donors (Lipinski definition) is 4. The standard InChI is InChI=1S/C12H28N4/c1-3-5-6-7-8-9-10-11-12-14-16-15-13-4-2/h4,13-16H,2-3,5-12H2,1H3. The van der Waals surface area contributed by atoms with Gasteiger partial charge in [0.1, 0.15) is 0 Å². The van der Waals surface area contributed by atoms with Crippen LogP contribution in [0.5, 0.6) is 0 Å². The molecule has 0 aromatic heterocycles. The highest BCUT2D eigenvalue weighted by atomic mass is 15.7. The predicted molar refractivity (Wildman–Crippen MR) is 70.2 cm³/mol. The van der Waals surface area contributed by atoms with Gasteiger partial charge in [-0.3, -0.25) is 0 Å². The first kappa shape index (κ1) is 15.4. The number of hydrogen-bond acceptors (Lipinski definition) is 4. The molecule has 0 aliphatic carbocycles. The van der Waals surface area contributed by atoms with Crippen molar-refractivity contribution in [2.75, 3.05) is 6.54 Å². The van der Waals surface area contributed by atoms with Crippen molar-refractivity contribution in [3.8, 4) is 0 Å². The quantitative estimate of drug-likeness (QED) is 0.289. The molecule has 0 unspecified atom stereocenters. The lowest BCUT2D eigenvalue weighted by Crippen LogP contribution is -2.48. The second kappa shape index (κ2) is 14.4. The molecule has 0 heterocycles. The van der Waals surface area contributed by atoms with E-state index in [4.69, 9.17) is 0 Å². The summed E-state index contributed by atoms with van der Waals surface area (Å²) >= 11 is 0. The van der Waals surface area contributed by atoms with Crippen LogP contribution in [0, 0.1) is 0 Å². The highest BCUT2D eigenvalue weighted by Crippen LogP contribution is 2.07. The predicted octanol–water partition coefficient (Wildman–Crippen LogP) is 2.37. The molecule has 0 rings (SSSR count). The number of unbranched alkanes of at least 4 members (excludes halogenated alkanes) is 7. The summed E-state index contributed by atoms with van der Waals surface area (Å²) in [4.78, 5) is 0. The van der Waals surface area contributed by atoms with Crippen molar-refractivity contribution in [1.82, 2.24) is 21.9 Å². The Bertz CT molecular complexity index is 139. The Kier molecular flexibility index (Phi) is 13.9. The maximum atomic E-state index is 3.51. The van der Waals surface area contributed by atoms with Crippen LogP contribution in [0.1, 0.15) is 58.3 Å². The monoisotopic (exact) mass is 228 g/mol. The lowest BCUT2D eigenvalue weighted by Gasteiger charge is -2.07. The van der Waals surface area contributed by atoms with Gasteiger partial charge in [-0.05, 0) is 6.42 Å². The molecule has 16 heavy (non-hydrogen) atoms. The van der Waals surface area contributed by atoms with E-state index in [9.17, 15) is 0 Å². The van der Waals surface area contributed by atoms with Crippen molar-refractivity contribution in [3.63, 3.8) is 0 Å². The molecule has 0 aromatic rings. The molecule has 0 radical (unpaired) electrons. The fourth-order valence-electron chi connectivity index (χ4n) is 1.54. The third-order valence-electron chi connectivity index (χ3n) is 2.48. The van der Waals surface area contributed by atoms with Gasteiger partial charge in [-0.1, -0.05) is 58.4 Å². The molecule has 4 heteroatoms. The normalized spacial score (nSPS) is 10.3. The van der Waals surface area contributed by atoms with E-state index in [2.05, 4.69) is 35.4 Å². The van der Waals surface area contributed by atoms with E-state index in [0.717, 1.165) is 6.54 Å². The van der Waals surface area contributed by atoms with Crippen molar-refractivity contribution in [3.05, 3.63) is 12.8 Å². The molecule has 0 atom stereocenters. The van der Waals surface area contributed by atoms with Crippen LogP contribution < -0.4 is 21.9 Å². The Morgan fingerprint density at radius 1 is 0.875 bits per heavy atom. The molecule has 4 nitrogen and oxygen atoms in total. The van der Waals surface area contributed by atoms with Crippen LogP contribution in [0.3, 0.4) is 0 Å². The molecule has 0 saturated carbocycles. The zero-order chi connectivity index (χ0) is 11.9. The molecule has 0 amide bonds. The summed E-state index contributed by atoms with van der Waals surface area (Å²) in [5, 5.41) is 0. The number of rotatable bonds is 13. The molecule has 0 bridgehead atoms. The van der Waals surface area contributed by atoms with Crippen LogP contribution in [0.2, 0.25) is 0 Å². The molecule has 0 saturated heterocycles. The van der Waals surface area contributed by atoms with Gasteiger partial charge in [0.2, 0.25) is 0 Å². The first-order valence-corrected chi connectivity index (χ1v) is 6.51. The molecule has 0 aliphatic rings. The zero-order valence-corrected chi connectivity index (χ0v) is 10.6. The molecule has 0 aliphatic heterocycles. The molecular formula is C12H28N4. The third-order valence-corrected chi connectivity index (χ3v) is 2.48. The molecule has 0 fully saturated rings. The second-order valence-corrected chi connectivity index (χ2v) is 4.00. The van der Waals surface area contributed by atoms with E-state index < -0.39 is 0 Å². The molecule has 96 valence electrons. The van der Waals surface area contributed by atoms with Crippen molar-refractivity contribution >= 4 is 0 Å². The van der Waals surface area contributed by atoms with Crippen molar-refractivity contribution in [2.24, 2.45) is 0 Å². The topological polar surface area (TPSA) is 48.1 Å². The average Bonchev–Trinajstić information content (AvgIpc) is 2.31. The van der Waals surface area contributed by atoms with Gasteiger partial charge < -0.3 is 5.43 Å². The summed E-state index contributed by atoms with van der Waals surface area (Å²) in [6.45, 7) is 6.75. The molecule has 0 spiro atoms. The van der Waals surface area contributed by atoms with E-state index in [0.29, 0.717) is 0 Å². The summed E-state index contributed by atoms with van der Waals surface area (Å²) in [5.41, 5.74) is 11.3. The summed E-state index contributed by atoms with van der Waals surface area (Å²) in [6.07, 6.45) is 12.4. The van der Waals surface area contributed by atoms with Gasteiger partial charge in [-0.25, -0.2) is 5.43 Å². The van der Waals surface area contributed by atoms with Gasteiger partial charge in [-0.15, -0.1) is 0 Å². The maximum absolute atomic E-state index is 3.51. The minimum Gasteiger partial charge on any atom is -0.315 e. The first-order chi connectivity index (χ1) is 7.91. The fraction of sp³-hybridized carbons (Fsp3) is 0.833.